The Morgan fingerprint density at radius 3 is 2.80 bits per heavy atom. The molecule has 3 N–H and O–H groups in total. The molecule has 20 heavy (non-hydrogen) atoms. The minimum Gasteiger partial charge on any atom is -0.361 e. The third-order valence-electron chi connectivity index (χ3n) is 4.32. The van der Waals surface area contributed by atoms with Gasteiger partial charge in [0, 0.05) is 30.2 Å². The van der Waals surface area contributed by atoms with Crippen molar-refractivity contribution in [3.8, 4) is 0 Å². The first-order chi connectivity index (χ1) is 9.78. The SMILES string of the molecule is NCC1CCN(C(=O)Cc2c[nH]c3ccccc23)CC1. The van der Waals surface area contributed by atoms with Crippen LogP contribution in [0.4, 0.5) is 0 Å². The van der Waals surface area contributed by atoms with Crippen LogP contribution < -0.4 is 5.73 Å². The number of aromatic amines is 1. The molecule has 0 bridgehead atoms. The maximum Gasteiger partial charge on any atom is 0.227 e. The summed E-state index contributed by atoms with van der Waals surface area (Å²) in [5, 5.41) is 1.15. The molecule has 2 aromatic rings. The largest absolute Gasteiger partial charge is 0.361 e. The molecule has 1 amide bonds. The molecule has 0 atom stereocenters. The number of carbonyl (C=O) groups excluding carboxylic acids is 1. The van der Waals surface area contributed by atoms with Crippen molar-refractivity contribution < 1.29 is 4.79 Å². The lowest BCUT2D eigenvalue weighted by Gasteiger charge is -2.31. The van der Waals surface area contributed by atoms with Crippen LogP contribution in [0.15, 0.2) is 30.5 Å². The molecule has 1 aromatic heterocycles. The molecule has 0 saturated carbocycles. The number of nitrogens with one attached hydrogen (secondary N) is 1. The van der Waals surface area contributed by atoms with E-state index in [0.717, 1.165) is 48.9 Å². The number of amides is 1. The molecule has 1 aromatic carbocycles. The average molecular weight is 271 g/mol. The number of nitrogens with two attached hydrogens (primary N) is 1. The Morgan fingerprint density at radius 1 is 1.30 bits per heavy atom. The number of hydrogen-bond acceptors (Lipinski definition) is 2. The second-order valence-electron chi connectivity index (χ2n) is 5.60. The summed E-state index contributed by atoms with van der Waals surface area (Å²) in [4.78, 5) is 17.6. The van der Waals surface area contributed by atoms with Crippen LogP contribution in [-0.4, -0.2) is 35.4 Å². The van der Waals surface area contributed by atoms with E-state index in [0.29, 0.717) is 12.3 Å². The number of hydrogen-bond donors (Lipinski definition) is 2. The molecule has 1 aliphatic rings. The van der Waals surface area contributed by atoms with Crippen LogP contribution in [0.5, 0.6) is 0 Å². The first-order valence-corrected chi connectivity index (χ1v) is 7.30. The van der Waals surface area contributed by atoms with Gasteiger partial charge in [-0.15, -0.1) is 0 Å². The van der Waals surface area contributed by atoms with Crippen molar-refractivity contribution >= 4 is 16.8 Å². The van der Waals surface area contributed by atoms with E-state index < -0.39 is 0 Å². The molecular formula is C16H21N3O. The molecule has 0 radical (unpaired) electrons. The van der Waals surface area contributed by atoms with Gasteiger partial charge in [0.05, 0.1) is 6.42 Å². The summed E-state index contributed by atoms with van der Waals surface area (Å²) in [5.74, 6) is 0.817. The summed E-state index contributed by atoms with van der Waals surface area (Å²) in [5.41, 5.74) is 7.87. The number of nitrogens with zero attached hydrogens (tertiary/aromatic N) is 1. The van der Waals surface area contributed by atoms with Crippen LogP contribution in [0.3, 0.4) is 0 Å². The summed E-state index contributed by atoms with van der Waals surface area (Å²) in [7, 11) is 0. The topological polar surface area (TPSA) is 62.1 Å². The van der Waals surface area contributed by atoms with E-state index in [-0.39, 0.29) is 5.91 Å². The fourth-order valence-corrected chi connectivity index (χ4v) is 2.97. The number of H-pyrrole nitrogens is 1. The molecule has 1 saturated heterocycles. The van der Waals surface area contributed by atoms with E-state index >= 15 is 0 Å². The van der Waals surface area contributed by atoms with Gasteiger partial charge in [0.25, 0.3) is 0 Å². The summed E-state index contributed by atoms with van der Waals surface area (Å²) < 4.78 is 0. The van der Waals surface area contributed by atoms with Gasteiger partial charge in [-0.2, -0.15) is 0 Å². The maximum atomic E-state index is 12.4. The molecule has 3 rings (SSSR count). The zero-order valence-electron chi connectivity index (χ0n) is 11.6. The van der Waals surface area contributed by atoms with Crippen LogP contribution in [0.25, 0.3) is 10.9 Å². The Labute approximate surface area is 118 Å². The van der Waals surface area contributed by atoms with E-state index in [2.05, 4.69) is 11.1 Å². The highest BCUT2D eigenvalue weighted by atomic mass is 16.2. The summed E-state index contributed by atoms with van der Waals surface area (Å²) in [6, 6.07) is 8.12. The summed E-state index contributed by atoms with van der Waals surface area (Å²) in [6.45, 7) is 2.44. The van der Waals surface area contributed by atoms with Gasteiger partial charge in [0.2, 0.25) is 5.91 Å². The Kier molecular flexibility index (Phi) is 3.74. The van der Waals surface area contributed by atoms with E-state index in [9.17, 15) is 4.79 Å². The number of rotatable bonds is 3. The Hall–Kier alpha value is -1.81. The molecule has 1 aliphatic heterocycles. The first kappa shape index (κ1) is 13.2. The lowest BCUT2D eigenvalue weighted by molar-refractivity contribution is -0.131. The second kappa shape index (κ2) is 5.67. The van der Waals surface area contributed by atoms with Crippen LogP contribution in [0.1, 0.15) is 18.4 Å². The number of aromatic nitrogens is 1. The lowest BCUT2D eigenvalue weighted by atomic mass is 9.96. The van der Waals surface area contributed by atoms with E-state index in [1.807, 2.05) is 29.3 Å². The summed E-state index contributed by atoms with van der Waals surface area (Å²) in [6.07, 6.45) is 4.51. The van der Waals surface area contributed by atoms with Crippen molar-refractivity contribution in [3.05, 3.63) is 36.0 Å². The van der Waals surface area contributed by atoms with Crippen LogP contribution in [0.2, 0.25) is 0 Å². The average Bonchev–Trinajstić information content (AvgIpc) is 2.91. The number of fused-ring (bicyclic) bond motifs is 1. The molecule has 0 unspecified atom stereocenters. The number of benzene rings is 1. The molecule has 0 spiro atoms. The zero-order valence-corrected chi connectivity index (χ0v) is 11.6. The van der Waals surface area contributed by atoms with Crippen molar-refractivity contribution in [2.45, 2.75) is 19.3 Å². The quantitative estimate of drug-likeness (QED) is 0.895. The van der Waals surface area contributed by atoms with Gasteiger partial charge in [-0.05, 0) is 36.9 Å². The van der Waals surface area contributed by atoms with Gasteiger partial charge in [-0.3, -0.25) is 4.79 Å². The van der Waals surface area contributed by atoms with E-state index in [1.165, 1.54) is 0 Å². The molecule has 2 heterocycles. The van der Waals surface area contributed by atoms with Gasteiger partial charge in [-0.25, -0.2) is 0 Å². The maximum absolute atomic E-state index is 12.4. The number of piperidine rings is 1. The number of likely N-dealkylation sites (tertiary alicyclic amines) is 1. The van der Waals surface area contributed by atoms with Gasteiger partial charge < -0.3 is 15.6 Å². The molecule has 4 nitrogen and oxygen atoms in total. The van der Waals surface area contributed by atoms with Crippen molar-refractivity contribution in [1.82, 2.24) is 9.88 Å². The lowest BCUT2D eigenvalue weighted by Crippen LogP contribution is -2.40. The van der Waals surface area contributed by atoms with Crippen LogP contribution in [0, 0.1) is 5.92 Å². The third kappa shape index (κ3) is 2.56. The highest BCUT2D eigenvalue weighted by molar-refractivity contribution is 5.88. The summed E-state index contributed by atoms with van der Waals surface area (Å²) >= 11 is 0. The number of carbonyl (C=O) groups is 1. The zero-order chi connectivity index (χ0) is 13.9. The predicted molar refractivity (Wildman–Crippen MR) is 80.4 cm³/mol. The Bertz CT molecular complexity index is 597. The molecule has 4 heteroatoms. The van der Waals surface area contributed by atoms with Gasteiger partial charge in [-0.1, -0.05) is 18.2 Å². The smallest absolute Gasteiger partial charge is 0.227 e. The standard InChI is InChI=1S/C16H21N3O/c17-10-12-5-7-19(8-6-12)16(20)9-13-11-18-15-4-2-1-3-14(13)15/h1-4,11-12,18H,5-10,17H2. The Balaban J connectivity index is 1.67. The van der Waals surface area contributed by atoms with E-state index in [4.69, 9.17) is 5.73 Å². The van der Waals surface area contributed by atoms with Gasteiger partial charge in [0.1, 0.15) is 0 Å². The molecule has 106 valence electrons. The molecule has 0 aliphatic carbocycles. The molecule has 1 fully saturated rings. The highest BCUT2D eigenvalue weighted by Crippen LogP contribution is 2.21. The fraction of sp³-hybridized carbons (Fsp3) is 0.438. The highest BCUT2D eigenvalue weighted by Gasteiger charge is 2.22. The second-order valence-corrected chi connectivity index (χ2v) is 5.60. The van der Waals surface area contributed by atoms with Gasteiger partial charge >= 0.3 is 0 Å². The minimum atomic E-state index is 0.227. The normalized spacial score (nSPS) is 16.8. The van der Waals surface area contributed by atoms with Crippen molar-refractivity contribution in [1.29, 1.82) is 0 Å². The number of para-hydroxylation sites is 1. The molecular weight excluding hydrogens is 250 g/mol. The Morgan fingerprint density at radius 2 is 2.05 bits per heavy atom. The first-order valence-electron chi connectivity index (χ1n) is 7.30. The van der Waals surface area contributed by atoms with Crippen LogP contribution >= 0.6 is 0 Å². The predicted octanol–water partition coefficient (Wildman–Crippen LogP) is 1.91. The van der Waals surface area contributed by atoms with Crippen LogP contribution in [-0.2, 0) is 11.2 Å². The van der Waals surface area contributed by atoms with Gasteiger partial charge in [0.15, 0.2) is 0 Å². The third-order valence-corrected chi connectivity index (χ3v) is 4.32. The van der Waals surface area contributed by atoms with E-state index in [1.54, 1.807) is 0 Å². The minimum absolute atomic E-state index is 0.227. The van der Waals surface area contributed by atoms with Crippen molar-refractivity contribution in [3.63, 3.8) is 0 Å². The van der Waals surface area contributed by atoms with Crippen molar-refractivity contribution in [2.75, 3.05) is 19.6 Å². The monoisotopic (exact) mass is 271 g/mol. The van der Waals surface area contributed by atoms with Crippen molar-refractivity contribution in [2.24, 2.45) is 11.7 Å². The fourth-order valence-electron chi connectivity index (χ4n) is 2.97.